The number of anilines is 2. The predicted molar refractivity (Wildman–Crippen MR) is 111 cm³/mol. The molecular weight excluding hydrogens is 378 g/mol. The maximum Gasteiger partial charge on any atom is 0.326 e. The predicted octanol–water partition coefficient (Wildman–Crippen LogP) is 2.59. The number of aromatic nitrogens is 3. The number of carbonyl (C=O) groups is 1. The lowest BCUT2D eigenvalue weighted by Crippen LogP contribution is -2.28. The van der Waals surface area contributed by atoms with Crippen molar-refractivity contribution in [2.75, 3.05) is 11.1 Å². The van der Waals surface area contributed by atoms with E-state index < -0.39 is 17.2 Å². The molecule has 0 spiro atoms. The average molecular weight is 395 g/mol. The first kappa shape index (κ1) is 17.9. The first-order valence-corrected chi connectivity index (χ1v) is 9.31. The van der Waals surface area contributed by atoms with Gasteiger partial charge in [0.1, 0.15) is 15.4 Å². The van der Waals surface area contributed by atoms with Crippen molar-refractivity contribution in [3.63, 3.8) is 0 Å². The van der Waals surface area contributed by atoms with Crippen LogP contribution in [0.1, 0.15) is 26.5 Å². The molecule has 1 amide bonds. The Bertz CT molecular complexity index is 1400. The summed E-state index contributed by atoms with van der Waals surface area (Å²) in [4.78, 5) is 46.2. The van der Waals surface area contributed by atoms with E-state index in [-0.39, 0.29) is 16.3 Å². The van der Waals surface area contributed by atoms with Crippen molar-refractivity contribution < 1.29 is 4.79 Å². The van der Waals surface area contributed by atoms with Crippen molar-refractivity contribution in [2.45, 2.75) is 20.8 Å². The molecule has 5 N–H and O–H groups in total. The minimum Gasteiger partial charge on any atom is -0.397 e. The van der Waals surface area contributed by atoms with Crippen LogP contribution in [0.2, 0.25) is 0 Å². The second-order valence-corrected chi connectivity index (χ2v) is 7.64. The molecule has 3 heterocycles. The number of hydrogen-bond acceptors (Lipinski definition) is 6. The minimum atomic E-state index is -0.676. The molecule has 142 valence electrons. The maximum absolute atomic E-state index is 12.8. The van der Waals surface area contributed by atoms with Crippen LogP contribution in [0, 0.1) is 20.8 Å². The van der Waals surface area contributed by atoms with Gasteiger partial charge in [-0.05, 0) is 38.0 Å². The third-order valence-corrected chi connectivity index (χ3v) is 5.79. The minimum absolute atomic E-state index is 0.0220. The van der Waals surface area contributed by atoms with Gasteiger partial charge in [-0.15, -0.1) is 11.3 Å². The summed E-state index contributed by atoms with van der Waals surface area (Å²) in [6.45, 7) is 5.51. The molecule has 0 aliphatic rings. The average Bonchev–Trinajstić information content (AvgIpc) is 2.96. The molecule has 4 aromatic rings. The van der Waals surface area contributed by atoms with Crippen LogP contribution in [-0.2, 0) is 0 Å². The highest BCUT2D eigenvalue weighted by atomic mass is 32.1. The van der Waals surface area contributed by atoms with Crippen LogP contribution >= 0.6 is 11.3 Å². The van der Waals surface area contributed by atoms with Gasteiger partial charge in [-0.25, -0.2) is 9.78 Å². The number of aryl methyl sites for hydroxylation is 3. The molecular formula is C19H17N5O3S. The number of aromatic amines is 2. The summed E-state index contributed by atoms with van der Waals surface area (Å²) in [5.74, 6) is -0.529. The largest absolute Gasteiger partial charge is 0.397 e. The van der Waals surface area contributed by atoms with E-state index >= 15 is 0 Å². The Hall–Kier alpha value is -3.46. The zero-order valence-corrected chi connectivity index (χ0v) is 16.2. The number of fused-ring (bicyclic) bond motifs is 2. The van der Waals surface area contributed by atoms with Crippen molar-refractivity contribution in [2.24, 2.45) is 0 Å². The molecule has 0 saturated carbocycles. The van der Waals surface area contributed by atoms with Gasteiger partial charge in [0.2, 0.25) is 0 Å². The molecule has 4 rings (SSSR count). The second kappa shape index (κ2) is 6.31. The summed E-state index contributed by atoms with van der Waals surface area (Å²) in [5.41, 5.74) is 8.46. The number of rotatable bonds is 2. The van der Waals surface area contributed by atoms with Gasteiger partial charge in [0.05, 0.1) is 11.2 Å². The number of nitrogens with one attached hydrogen (secondary N) is 3. The lowest BCUT2D eigenvalue weighted by atomic mass is 10.0. The van der Waals surface area contributed by atoms with Crippen LogP contribution in [0.5, 0.6) is 0 Å². The highest BCUT2D eigenvalue weighted by Crippen LogP contribution is 2.36. The Morgan fingerprint density at radius 2 is 1.82 bits per heavy atom. The Balaban J connectivity index is 1.84. The lowest BCUT2D eigenvalue weighted by molar-refractivity contribution is 0.103. The molecule has 3 aromatic heterocycles. The number of nitrogen functional groups attached to an aromatic ring is 1. The summed E-state index contributed by atoms with van der Waals surface area (Å²) in [7, 11) is 0. The van der Waals surface area contributed by atoms with Gasteiger partial charge in [0.25, 0.3) is 11.5 Å². The van der Waals surface area contributed by atoms with Crippen LogP contribution in [0.3, 0.4) is 0 Å². The number of nitrogens with zero attached hydrogens (tertiary/aromatic N) is 1. The number of hydrogen-bond donors (Lipinski definition) is 4. The molecule has 0 aliphatic carbocycles. The summed E-state index contributed by atoms with van der Waals surface area (Å²) in [6.07, 6.45) is 0. The lowest BCUT2D eigenvalue weighted by Gasteiger charge is -2.06. The van der Waals surface area contributed by atoms with Crippen molar-refractivity contribution in [3.05, 3.63) is 60.7 Å². The molecule has 1 aromatic carbocycles. The van der Waals surface area contributed by atoms with Crippen molar-refractivity contribution in [3.8, 4) is 0 Å². The van der Waals surface area contributed by atoms with E-state index in [9.17, 15) is 14.4 Å². The van der Waals surface area contributed by atoms with Gasteiger partial charge in [0.15, 0.2) is 0 Å². The maximum atomic E-state index is 12.8. The fourth-order valence-electron chi connectivity index (χ4n) is 3.15. The summed E-state index contributed by atoms with van der Waals surface area (Å²) >= 11 is 1.16. The van der Waals surface area contributed by atoms with Crippen molar-refractivity contribution in [1.29, 1.82) is 0 Å². The van der Waals surface area contributed by atoms with Crippen LogP contribution in [-0.4, -0.2) is 20.9 Å². The Morgan fingerprint density at radius 1 is 1.11 bits per heavy atom. The molecule has 0 radical (unpaired) electrons. The molecule has 0 fully saturated rings. The third kappa shape index (κ3) is 2.76. The quantitative estimate of drug-likeness (QED) is 0.414. The van der Waals surface area contributed by atoms with E-state index in [4.69, 9.17) is 10.7 Å². The van der Waals surface area contributed by atoms with E-state index in [0.717, 1.165) is 33.4 Å². The highest BCUT2D eigenvalue weighted by Gasteiger charge is 2.20. The fourth-order valence-corrected chi connectivity index (χ4v) is 4.12. The smallest absolute Gasteiger partial charge is 0.326 e. The van der Waals surface area contributed by atoms with E-state index in [1.807, 2.05) is 32.0 Å². The first-order chi connectivity index (χ1) is 13.3. The molecule has 0 aliphatic heterocycles. The van der Waals surface area contributed by atoms with Crippen LogP contribution in [0.25, 0.3) is 21.1 Å². The number of thiophene rings is 1. The van der Waals surface area contributed by atoms with Gasteiger partial charge in [-0.3, -0.25) is 14.6 Å². The molecule has 28 heavy (non-hydrogen) atoms. The normalized spacial score (nSPS) is 11.2. The second-order valence-electron chi connectivity index (χ2n) is 6.64. The van der Waals surface area contributed by atoms with Gasteiger partial charge < -0.3 is 16.0 Å². The van der Waals surface area contributed by atoms with Gasteiger partial charge >= 0.3 is 5.69 Å². The summed E-state index contributed by atoms with van der Waals surface area (Å²) in [6, 6.07) is 5.97. The van der Waals surface area contributed by atoms with Crippen LogP contribution in [0.4, 0.5) is 11.4 Å². The van der Waals surface area contributed by atoms with E-state index in [1.165, 1.54) is 6.92 Å². The zero-order valence-electron chi connectivity index (χ0n) is 15.4. The van der Waals surface area contributed by atoms with Crippen molar-refractivity contribution in [1.82, 2.24) is 15.0 Å². The highest BCUT2D eigenvalue weighted by molar-refractivity contribution is 7.21. The molecule has 0 saturated heterocycles. The number of nitrogens with two attached hydrogens (primary N) is 1. The van der Waals surface area contributed by atoms with Crippen LogP contribution in [0.15, 0.2) is 27.8 Å². The van der Waals surface area contributed by atoms with E-state index in [0.29, 0.717) is 15.9 Å². The summed E-state index contributed by atoms with van der Waals surface area (Å²) in [5, 5.41) is 4.22. The molecule has 0 unspecified atom stereocenters. The van der Waals surface area contributed by atoms with E-state index in [1.54, 1.807) is 0 Å². The monoisotopic (exact) mass is 395 g/mol. The number of H-pyrrole nitrogens is 2. The molecule has 8 nitrogen and oxygen atoms in total. The Kier molecular flexibility index (Phi) is 4.04. The fraction of sp³-hybridized carbons (Fsp3) is 0.158. The number of benzene rings is 1. The third-order valence-electron chi connectivity index (χ3n) is 4.68. The Morgan fingerprint density at radius 3 is 2.54 bits per heavy atom. The standard InChI is InChI=1S/C19H17N5O3S/c1-7-4-5-8(2)13-10(7)6-11-12(20)15(28-18(11)23-13)17(26)22-14-9(3)21-19(27)24-16(14)25/h4-6H,20H2,1-3H3,(H,22,26)(H2,21,24,25,27). The van der Waals surface area contributed by atoms with E-state index in [2.05, 4.69) is 15.3 Å². The van der Waals surface area contributed by atoms with Gasteiger partial charge in [-0.2, -0.15) is 0 Å². The summed E-state index contributed by atoms with van der Waals surface area (Å²) < 4.78 is 0. The SMILES string of the molecule is Cc1[nH]c(=O)[nH]c(=O)c1NC(=O)c1sc2nc3c(C)ccc(C)c3cc2c1N. The van der Waals surface area contributed by atoms with Crippen LogP contribution < -0.4 is 22.3 Å². The molecule has 9 heteroatoms. The first-order valence-electron chi connectivity index (χ1n) is 8.49. The number of pyridine rings is 1. The topological polar surface area (TPSA) is 134 Å². The van der Waals surface area contributed by atoms with Crippen molar-refractivity contribution >= 4 is 49.7 Å². The number of amides is 1. The zero-order chi connectivity index (χ0) is 20.2. The number of carbonyl (C=O) groups excluding carboxylic acids is 1. The van der Waals surface area contributed by atoms with Gasteiger partial charge in [-0.1, -0.05) is 12.1 Å². The Labute approximate surface area is 162 Å². The van der Waals surface area contributed by atoms with Gasteiger partial charge in [0, 0.05) is 16.5 Å². The molecule has 0 atom stereocenters. The molecule has 0 bridgehead atoms.